The Balaban J connectivity index is 2.36. The molecule has 4 heteroatoms. The van der Waals surface area contributed by atoms with Crippen molar-refractivity contribution < 1.29 is 4.79 Å². The number of hydrogen-bond donors (Lipinski definition) is 2. The Kier molecular flexibility index (Phi) is 5.92. The number of nitrogens with one attached hydrogen (secondary N) is 1. The number of rotatable bonds is 8. The third-order valence-electron chi connectivity index (χ3n) is 3.61. The molecule has 2 unspecified atom stereocenters. The molecule has 0 aromatic heterocycles. The first-order valence-corrected chi connectivity index (χ1v) is 6.79. The maximum absolute atomic E-state index is 11.8. The van der Waals surface area contributed by atoms with Gasteiger partial charge in [0.15, 0.2) is 0 Å². The fourth-order valence-electron chi connectivity index (χ4n) is 2.10. The summed E-state index contributed by atoms with van der Waals surface area (Å²) >= 11 is 0. The Morgan fingerprint density at radius 2 is 2.18 bits per heavy atom. The molecule has 0 aromatic rings. The zero-order valence-corrected chi connectivity index (χ0v) is 11.4. The third kappa shape index (κ3) is 5.04. The summed E-state index contributed by atoms with van der Waals surface area (Å²) in [4.78, 5) is 14.0. The van der Waals surface area contributed by atoms with E-state index in [2.05, 4.69) is 31.1 Å². The number of carbonyl (C=O) groups excluding carboxylic acids is 1. The van der Waals surface area contributed by atoms with Gasteiger partial charge in [-0.15, -0.1) is 0 Å². The molecule has 0 aliphatic heterocycles. The minimum atomic E-state index is 0.151. The maximum atomic E-state index is 11.8. The second-order valence-corrected chi connectivity index (χ2v) is 5.24. The van der Waals surface area contributed by atoms with Crippen LogP contribution in [0.15, 0.2) is 0 Å². The monoisotopic (exact) mass is 241 g/mol. The van der Waals surface area contributed by atoms with Crippen LogP contribution < -0.4 is 11.1 Å². The van der Waals surface area contributed by atoms with E-state index in [0.717, 1.165) is 25.7 Å². The summed E-state index contributed by atoms with van der Waals surface area (Å²) in [6.45, 7) is 4.93. The van der Waals surface area contributed by atoms with Crippen molar-refractivity contribution in [3.05, 3.63) is 0 Å². The average molecular weight is 241 g/mol. The maximum Gasteiger partial charge on any atom is 0.221 e. The quantitative estimate of drug-likeness (QED) is 0.669. The molecule has 0 saturated heterocycles. The Bertz CT molecular complexity index is 241. The fourth-order valence-corrected chi connectivity index (χ4v) is 2.10. The van der Waals surface area contributed by atoms with Crippen molar-refractivity contribution in [1.29, 1.82) is 0 Å². The molecule has 1 aliphatic carbocycles. The van der Waals surface area contributed by atoms with E-state index >= 15 is 0 Å². The predicted molar refractivity (Wildman–Crippen MR) is 70.8 cm³/mol. The van der Waals surface area contributed by atoms with E-state index in [0.29, 0.717) is 25.0 Å². The van der Waals surface area contributed by atoms with Gasteiger partial charge < -0.3 is 11.1 Å². The zero-order valence-electron chi connectivity index (χ0n) is 11.4. The van der Waals surface area contributed by atoms with Crippen molar-refractivity contribution >= 4 is 5.91 Å². The van der Waals surface area contributed by atoms with Gasteiger partial charge in [0.05, 0.1) is 0 Å². The normalized spacial score (nSPS) is 19.1. The first-order valence-electron chi connectivity index (χ1n) is 6.79. The van der Waals surface area contributed by atoms with Crippen LogP contribution in [-0.4, -0.2) is 42.5 Å². The molecule has 0 spiro atoms. The SMILES string of the molecule is CCCC(C)N(C)C(CN)CC(=O)NC1CC1. The first kappa shape index (κ1) is 14.5. The van der Waals surface area contributed by atoms with Crippen LogP contribution in [0.4, 0.5) is 0 Å². The van der Waals surface area contributed by atoms with Gasteiger partial charge in [0, 0.05) is 31.1 Å². The number of likely N-dealkylation sites (N-methyl/N-ethyl adjacent to an activating group) is 1. The molecule has 1 rings (SSSR count). The van der Waals surface area contributed by atoms with Gasteiger partial charge >= 0.3 is 0 Å². The summed E-state index contributed by atoms with van der Waals surface area (Å²) in [5.41, 5.74) is 5.78. The Morgan fingerprint density at radius 1 is 1.53 bits per heavy atom. The van der Waals surface area contributed by atoms with Gasteiger partial charge in [-0.3, -0.25) is 9.69 Å². The van der Waals surface area contributed by atoms with Crippen molar-refractivity contribution in [1.82, 2.24) is 10.2 Å². The lowest BCUT2D eigenvalue weighted by Crippen LogP contribution is -2.46. The molecule has 100 valence electrons. The summed E-state index contributed by atoms with van der Waals surface area (Å²) in [7, 11) is 2.07. The summed E-state index contributed by atoms with van der Waals surface area (Å²) in [5, 5.41) is 3.02. The summed E-state index contributed by atoms with van der Waals surface area (Å²) in [5.74, 6) is 0.151. The first-order chi connectivity index (χ1) is 8.08. The molecule has 1 fully saturated rings. The molecule has 0 aromatic carbocycles. The molecule has 3 N–H and O–H groups in total. The highest BCUT2D eigenvalue weighted by atomic mass is 16.1. The second kappa shape index (κ2) is 6.97. The summed E-state index contributed by atoms with van der Waals surface area (Å²) < 4.78 is 0. The van der Waals surface area contributed by atoms with Crippen molar-refractivity contribution in [2.24, 2.45) is 5.73 Å². The van der Waals surface area contributed by atoms with Crippen LogP contribution in [0.1, 0.15) is 46.0 Å². The smallest absolute Gasteiger partial charge is 0.221 e. The third-order valence-corrected chi connectivity index (χ3v) is 3.61. The lowest BCUT2D eigenvalue weighted by molar-refractivity contribution is -0.122. The van der Waals surface area contributed by atoms with Gasteiger partial charge in [0.25, 0.3) is 0 Å². The molecule has 0 heterocycles. The Labute approximate surface area is 105 Å². The van der Waals surface area contributed by atoms with E-state index in [1.54, 1.807) is 0 Å². The minimum absolute atomic E-state index is 0.151. The lowest BCUT2D eigenvalue weighted by atomic mass is 10.1. The van der Waals surface area contributed by atoms with Gasteiger partial charge in [-0.05, 0) is 33.2 Å². The van der Waals surface area contributed by atoms with Crippen molar-refractivity contribution in [3.8, 4) is 0 Å². The van der Waals surface area contributed by atoms with Crippen molar-refractivity contribution in [2.75, 3.05) is 13.6 Å². The van der Waals surface area contributed by atoms with Crippen molar-refractivity contribution in [2.45, 2.75) is 64.1 Å². The number of nitrogens with zero attached hydrogens (tertiary/aromatic N) is 1. The van der Waals surface area contributed by atoms with Crippen LogP contribution in [0.3, 0.4) is 0 Å². The highest BCUT2D eigenvalue weighted by molar-refractivity contribution is 5.77. The molecule has 17 heavy (non-hydrogen) atoms. The summed E-state index contributed by atoms with van der Waals surface area (Å²) in [6.07, 6.45) is 5.12. The lowest BCUT2D eigenvalue weighted by Gasteiger charge is -2.32. The van der Waals surface area contributed by atoms with Gasteiger partial charge in [-0.1, -0.05) is 13.3 Å². The second-order valence-electron chi connectivity index (χ2n) is 5.24. The minimum Gasteiger partial charge on any atom is -0.353 e. The predicted octanol–water partition coefficient (Wildman–Crippen LogP) is 1.10. The average Bonchev–Trinajstić information content (AvgIpc) is 3.09. The molecule has 0 bridgehead atoms. The molecule has 1 saturated carbocycles. The fraction of sp³-hybridized carbons (Fsp3) is 0.923. The van der Waals surface area contributed by atoms with E-state index in [9.17, 15) is 4.79 Å². The van der Waals surface area contributed by atoms with E-state index in [-0.39, 0.29) is 11.9 Å². The zero-order chi connectivity index (χ0) is 12.8. The van der Waals surface area contributed by atoms with E-state index in [1.165, 1.54) is 0 Å². The molecule has 0 radical (unpaired) electrons. The molecule has 1 amide bonds. The molecule has 2 atom stereocenters. The number of amides is 1. The van der Waals surface area contributed by atoms with Crippen LogP contribution in [0.25, 0.3) is 0 Å². The van der Waals surface area contributed by atoms with Crippen LogP contribution in [0, 0.1) is 0 Å². The van der Waals surface area contributed by atoms with Crippen LogP contribution in [-0.2, 0) is 4.79 Å². The van der Waals surface area contributed by atoms with Gasteiger partial charge in [0.1, 0.15) is 0 Å². The van der Waals surface area contributed by atoms with E-state index in [4.69, 9.17) is 5.73 Å². The van der Waals surface area contributed by atoms with Crippen LogP contribution in [0.2, 0.25) is 0 Å². The largest absolute Gasteiger partial charge is 0.353 e. The van der Waals surface area contributed by atoms with Crippen LogP contribution >= 0.6 is 0 Å². The molecule has 1 aliphatic rings. The van der Waals surface area contributed by atoms with Gasteiger partial charge in [-0.25, -0.2) is 0 Å². The van der Waals surface area contributed by atoms with Crippen LogP contribution in [0.5, 0.6) is 0 Å². The molecular formula is C13H27N3O. The van der Waals surface area contributed by atoms with Gasteiger partial charge in [0.2, 0.25) is 5.91 Å². The van der Waals surface area contributed by atoms with E-state index in [1.807, 2.05) is 0 Å². The van der Waals surface area contributed by atoms with Crippen molar-refractivity contribution in [3.63, 3.8) is 0 Å². The standard InChI is InChI=1S/C13H27N3O/c1-4-5-10(2)16(3)12(9-14)8-13(17)15-11-6-7-11/h10-12H,4-9,14H2,1-3H3,(H,15,17). The van der Waals surface area contributed by atoms with Gasteiger partial charge in [-0.2, -0.15) is 0 Å². The Morgan fingerprint density at radius 3 is 2.65 bits per heavy atom. The highest BCUT2D eigenvalue weighted by Gasteiger charge is 2.26. The molecular weight excluding hydrogens is 214 g/mol. The highest BCUT2D eigenvalue weighted by Crippen LogP contribution is 2.19. The Hall–Kier alpha value is -0.610. The topological polar surface area (TPSA) is 58.4 Å². The number of hydrogen-bond acceptors (Lipinski definition) is 3. The molecule has 4 nitrogen and oxygen atoms in total. The number of nitrogens with two attached hydrogens (primary N) is 1. The number of carbonyl (C=O) groups is 1. The van der Waals surface area contributed by atoms with E-state index < -0.39 is 0 Å². The summed E-state index contributed by atoms with van der Waals surface area (Å²) in [6, 6.07) is 1.09.